The highest BCUT2D eigenvalue weighted by atomic mass is 35.5. The van der Waals surface area contributed by atoms with Crippen LogP contribution in [-0.2, 0) is 6.54 Å². The van der Waals surface area contributed by atoms with Crippen molar-refractivity contribution in [3.05, 3.63) is 101 Å². The van der Waals surface area contributed by atoms with Crippen LogP contribution in [-0.4, -0.2) is 51.8 Å². The van der Waals surface area contributed by atoms with Crippen LogP contribution in [0.5, 0.6) is 0 Å². The largest absolute Gasteiger partial charge is 0.352 e. The molecule has 0 unspecified atom stereocenters. The zero-order valence-electron chi connectivity index (χ0n) is 19.0. The normalized spacial score (nSPS) is 13.5. The standard InChI is InChI=1S/C27H23ClN6O/c28-23-10-8-21(9-11-23)25-24(19-34(31-25)18-20-5-2-1-3-6-20)27(35)33-15-13-32(14-16-33)26-22(17-29)7-4-12-30-26/h1-12,19H,13-16,18H2. The molecule has 2 aromatic carbocycles. The molecule has 1 aliphatic heterocycles. The lowest BCUT2D eigenvalue weighted by molar-refractivity contribution is 0.0747. The average Bonchev–Trinajstić information content (AvgIpc) is 3.33. The minimum absolute atomic E-state index is 0.0598. The molecule has 3 heterocycles. The minimum Gasteiger partial charge on any atom is -0.352 e. The number of piperazine rings is 1. The van der Waals surface area contributed by atoms with E-state index in [-0.39, 0.29) is 5.91 Å². The third-order valence-corrected chi connectivity index (χ3v) is 6.32. The number of pyridine rings is 1. The van der Waals surface area contributed by atoms with E-state index in [9.17, 15) is 10.1 Å². The molecule has 0 N–H and O–H groups in total. The van der Waals surface area contributed by atoms with Gasteiger partial charge in [0, 0.05) is 49.2 Å². The molecular formula is C27H23ClN6O. The summed E-state index contributed by atoms with van der Waals surface area (Å²) in [5.74, 6) is 0.607. The molecule has 1 saturated heterocycles. The number of aromatic nitrogens is 3. The van der Waals surface area contributed by atoms with E-state index in [1.165, 1.54) is 0 Å². The summed E-state index contributed by atoms with van der Waals surface area (Å²) in [6.07, 6.45) is 3.52. The number of halogens is 1. The molecule has 0 radical (unpaired) electrons. The smallest absolute Gasteiger partial charge is 0.257 e. The summed E-state index contributed by atoms with van der Waals surface area (Å²) in [4.78, 5) is 21.9. The van der Waals surface area contributed by atoms with Gasteiger partial charge >= 0.3 is 0 Å². The van der Waals surface area contributed by atoms with Gasteiger partial charge in [-0.25, -0.2) is 4.98 Å². The second-order valence-electron chi connectivity index (χ2n) is 8.35. The Morgan fingerprint density at radius 3 is 2.43 bits per heavy atom. The SMILES string of the molecule is N#Cc1cccnc1N1CCN(C(=O)c2cn(Cc3ccccc3)nc2-c2ccc(Cl)cc2)CC1. The number of anilines is 1. The van der Waals surface area contributed by atoms with Gasteiger partial charge in [-0.3, -0.25) is 9.48 Å². The first-order chi connectivity index (χ1) is 17.1. The lowest BCUT2D eigenvalue weighted by Gasteiger charge is -2.35. The predicted octanol–water partition coefficient (Wildman–Crippen LogP) is 4.48. The van der Waals surface area contributed by atoms with Gasteiger partial charge in [0.05, 0.1) is 17.7 Å². The van der Waals surface area contributed by atoms with E-state index in [4.69, 9.17) is 16.7 Å². The van der Waals surface area contributed by atoms with Crippen LogP contribution in [0.2, 0.25) is 5.02 Å². The Kier molecular flexibility index (Phi) is 6.47. The fourth-order valence-electron chi connectivity index (χ4n) is 4.28. The number of hydrogen-bond acceptors (Lipinski definition) is 5. The van der Waals surface area contributed by atoms with Crippen LogP contribution < -0.4 is 4.90 Å². The van der Waals surface area contributed by atoms with Gasteiger partial charge in [0.25, 0.3) is 5.91 Å². The van der Waals surface area contributed by atoms with Crippen molar-refractivity contribution in [2.75, 3.05) is 31.1 Å². The molecule has 0 spiro atoms. The van der Waals surface area contributed by atoms with Crippen molar-refractivity contribution < 1.29 is 4.79 Å². The summed E-state index contributed by atoms with van der Waals surface area (Å²) in [6.45, 7) is 2.84. The maximum absolute atomic E-state index is 13.7. The van der Waals surface area contributed by atoms with Gasteiger partial charge in [-0.2, -0.15) is 10.4 Å². The first-order valence-electron chi connectivity index (χ1n) is 11.4. The van der Waals surface area contributed by atoms with E-state index < -0.39 is 0 Å². The van der Waals surface area contributed by atoms with Gasteiger partial charge in [0.15, 0.2) is 0 Å². The molecule has 2 aromatic heterocycles. The van der Waals surface area contributed by atoms with Crippen molar-refractivity contribution >= 4 is 23.3 Å². The van der Waals surface area contributed by atoms with Gasteiger partial charge in [-0.15, -0.1) is 0 Å². The third kappa shape index (κ3) is 4.88. The summed E-state index contributed by atoms with van der Waals surface area (Å²) < 4.78 is 1.82. The summed E-state index contributed by atoms with van der Waals surface area (Å²) in [7, 11) is 0. The Morgan fingerprint density at radius 2 is 1.71 bits per heavy atom. The van der Waals surface area contributed by atoms with Crippen LogP contribution in [0.3, 0.4) is 0 Å². The van der Waals surface area contributed by atoms with Crippen molar-refractivity contribution in [3.8, 4) is 17.3 Å². The summed E-state index contributed by atoms with van der Waals surface area (Å²) in [6, 6.07) is 23.1. The van der Waals surface area contributed by atoms with Gasteiger partial charge < -0.3 is 9.80 Å². The van der Waals surface area contributed by atoms with E-state index in [0.29, 0.717) is 60.4 Å². The lowest BCUT2D eigenvalue weighted by atomic mass is 10.1. The van der Waals surface area contributed by atoms with Crippen LogP contribution in [0.25, 0.3) is 11.3 Å². The van der Waals surface area contributed by atoms with Crippen LogP contribution in [0, 0.1) is 11.3 Å². The van der Waals surface area contributed by atoms with Crippen molar-refractivity contribution in [2.24, 2.45) is 0 Å². The highest BCUT2D eigenvalue weighted by Gasteiger charge is 2.27. The van der Waals surface area contributed by atoms with Crippen molar-refractivity contribution in [1.29, 1.82) is 5.26 Å². The topological polar surface area (TPSA) is 78.0 Å². The number of nitrogens with zero attached hydrogens (tertiary/aromatic N) is 6. The molecule has 174 valence electrons. The zero-order valence-corrected chi connectivity index (χ0v) is 19.8. The number of benzene rings is 2. The minimum atomic E-state index is -0.0598. The van der Waals surface area contributed by atoms with Crippen molar-refractivity contribution in [1.82, 2.24) is 19.7 Å². The van der Waals surface area contributed by atoms with Gasteiger partial charge in [0.1, 0.15) is 17.6 Å². The number of hydrogen-bond donors (Lipinski definition) is 0. The van der Waals surface area contributed by atoms with E-state index in [1.807, 2.05) is 58.2 Å². The molecular weight excluding hydrogens is 460 g/mol. The Morgan fingerprint density at radius 1 is 0.971 bits per heavy atom. The monoisotopic (exact) mass is 482 g/mol. The average molecular weight is 483 g/mol. The van der Waals surface area contributed by atoms with E-state index in [1.54, 1.807) is 30.5 Å². The first kappa shape index (κ1) is 22.6. The first-order valence-corrected chi connectivity index (χ1v) is 11.8. The molecule has 0 bridgehead atoms. The molecule has 7 nitrogen and oxygen atoms in total. The number of amides is 1. The number of carbonyl (C=O) groups excluding carboxylic acids is 1. The summed E-state index contributed by atoms with van der Waals surface area (Å²) >= 11 is 6.09. The molecule has 1 fully saturated rings. The molecule has 35 heavy (non-hydrogen) atoms. The second kappa shape index (κ2) is 10.00. The molecule has 0 saturated carbocycles. The van der Waals surface area contributed by atoms with Crippen LogP contribution in [0.1, 0.15) is 21.5 Å². The Labute approximate surface area is 208 Å². The maximum Gasteiger partial charge on any atom is 0.257 e. The number of nitriles is 1. The molecule has 4 aromatic rings. The third-order valence-electron chi connectivity index (χ3n) is 6.07. The molecule has 5 rings (SSSR count). The molecule has 0 aliphatic carbocycles. The van der Waals surface area contributed by atoms with Crippen LogP contribution >= 0.6 is 11.6 Å². The lowest BCUT2D eigenvalue weighted by Crippen LogP contribution is -2.49. The summed E-state index contributed by atoms with van der Waals surface area (Å²) in [5.41, 5.74) is 3.69. The number of carbonyl (C=O) groups is 1. The van der Waals surface area contributed by atoms with Crippen molar-refractivity contribution in [2.45, 2.75) is 6.54 Å². The van der Waals surface area contributed by atoms with Crippen LogP contribution in [0.4, 0.5) is 5.82 Å². The maximum atomic E-state index is 13.7. The van der Waals surface area contributed by atoms with E-state index in [0.717, 1.165) is 11.1 Å². The zero-order chi connectivity index (χ0) is 24.2. The van der Waals surface area contributed by atoms with Gasteiger partial charge in [0.2, 0.25) is 0 Å². The highest BCUT2D eigenvalue weighted by molar-refractivity contribution is 6.30. The molecule has 1 aliphatic rings. The van der Waals surface area contributed by atoms with E-state index in [2.05, 4.69) is 16.0 Å². The number of rotatable bonds is 5. The van der Waals surface area contributed by atoms with Crippen LogP contribution in [0.15, 0.2) is 79.1 Å². The van der Waals surface area contributed by atoms with Crippen molar-refractivity contribution in [3.63, 3.8) is 0 Å². The quantitative estimate of drug-likeness (QED) is 0.419. The van der Waals surface area contributed by atoms with Gasteiger partial charge in [-0.05, 0) is 29.8 Å². The highest BCUT2D eigenvalue weighted by Crippen LogP contribution is 2.26. The fourth-order valence-corrected chi connectivity index (χ4v) is 4.40. The Balaban J connectivity index is 1.39. The van der Waals surface area contributed by atoms with E-state index >= 15 is 0 Å². The van der Waals surface area contributed by atoms with Gasteiger partial charge in [-0.1, -0.05) is 54.1 Å². The second-order valence-corrected chi connectivity index (χ2v) is 8.78. The molecule has 8 heteroatoms. The molecule has 0 atom stereocenters. The summed E-state index contributed by atoms with van der Waals surface area (Å²) in [5, 5.41) is 14.8. The Bertz CT molecular complexity index is 1370. The fraction of sp³-hybridized carbons (Fsp3) is 0.185. The molecule has 1 amide bonds. The predicted molar refractivity (Wildman–Crippen MR) is 135 cm³/mol. The Hall–Kier alpha value is -4.15.